The van der Waals surface area contributed by atoms with Crippen LogP contribution in [-0.4, -0.2) is 59.6 Å². The lowest BCUT2D eigenvalue weighted by Crippen LogP contribution is -2.56. The van der Waals surface area contributed by atoms with Crippen molar-refractivity contribution in [2.24, 2.45) is 11.8 Å². The van der Waals surface area contributed by atoms with Crippen LogP contribution in [0.4, 0.5) is 35.4 Å². The highest BCUT2D eigenvalue weighted by Gasteiger charge is 2.59. The highest BCUT2D eigenvalue weighted by molar-refractivity contribution is 5.89. The Kier molecular flexibility index (Phi) is 6.55. The molecule has 0 radical (unpaired) electrons. The van der Waals surface area contributed by atoms with Crippen LogP contribution >= 0.6 is 0 Å². The number of amides is 2. The van der Waals surface area contributed by atoms with Crippen molar-refractivity contribution < 1.29 is 27.0 Å². The van der Waals surface area contributed by atoms with Crippen LogP contribution in [0.1, 0.15) is 30.1 Å². The Morgan fingerprint density at radius 3 is 2.68 bits per heavy atom. The summed E-state index contributed by atoms with van der Waals surface area (Å²) in [5, 5.41) is 8.43. The zero-order chi connectivity index (χ0) is 26.4. The van der Waals surface area contributed by atoms with E-state index in [1.807, 2.05) is 6.92 Å². The first-order chi connectivity index (χ1) is 17.6. The maximum absolute atomic E-state index is 14.3. The normalized spacial score (nSPS) is 26.0. The van der Waals surface area contributed by atoms with Crippen LogP contribution in [0.25, 0.3) is 0 Å². The average Bonchev–Trinajstić information content (AvgIpc) is 3.40. The molecule has 1 aromatic carbocycles. The summed E-state index contributed by atoms with van der Waals surface area (Å²) in [7, 11) is 0. The largest absolute Gasteiger partial charge is 0.413 e. The molecule has 2 amide bonds. The first-order valence-corrected chi connectivity index (χ1v) is 12.5. The van der Waals surface area contributed by atoms with Gasteiger partial charge in [0.25, 0.3) is 5.56 Å². The number of hydrogen-bond donors (Lipinski definition) is 3. The highest BCUT2D eigenvalue weighted by atomic mass is 19.4. The number of carbonyl (C=O) groups is 1. The van der Waals surface area contributed by atoms with Crippen LogP contribution in [0.5, 0.6) is 0 Å². The summed E-state index contributed by atoms with van der Waals surface area (Å²) < 4.78 is 49.7. The molecule has 1 saturated carbocycles. The smallest absolute Gasteiger partial charge is 0.376 e. The molecule has 9 nitrogen and oxygen atoms in total. The third-order valence-corrected chi connectivity index (χ3v) is 7.54. The lowest BCUT2D eigenvalue weighted by Gasteiger charge is -2.36. The van der Waals surface area contributed by atoms with Crippen LogP contribution in [0.15, 0.2) is 35.1 Å². The molecule has 0 bridgehead atoms. The Balaban J connectivity index is 0.00000187. The van der Waals surface area contributed by atoms with Crippen molar-refractivity contribution in [3.8, 4) is 0 Å². The number of halogens is 3. The Hall–Kier alpha value is -3.28. The molecule has 0 spiro atoms. The minimum atomic E-state index is -4.58. The zero-order valence-corrected chi connectivity index (χ0v) is 20.8. The van der Waals surface area contributed by atoms with Crippen LogP contribution in [0, 0.1) is 11.8 Å². The second-order valence-electron chi connectivity index (χ2n) is 10.1. The van der Waals surface area contributed by atoms with Gasteiger partial charge in [-0.2, -0.15) is 18.2 Å². The molecule has 2 aromatic rings. The second-order valence-corrected chi connectivity index (χ2v) is 10.1. The van der Waals surface area contributed by atoms with Crippen molar-refractivity contribution in [3.63, 3.8) is 0 Å². The van der Waals surface area contributed by atoms with Gasteiger partial charge in [0, 0.05) is 35.7 Å². The molecule has 1 aromatic heterocycles. The molecule has 1 saturated heterocycles. The standard InChI is InChI=1S/C25H31F3N6O3.3H2/c1-3-29-22(36)31-17-6-4-15(5-7-17)8-9-34-23-32-20(30-12-19-18-10-16(18)13-37-19)11-21(35)33(23)14-24(34,2)25(26,27)28;;;/h4-7,11,16,18-19,30H,3,8-10,12-14H2,1-2H3,(H2,29,31,36);3*1H/t16?,18?,19-,24+;;;/m1.../s1. The van der Waals surface area contributed by atoms with E-state index in [2.05, 4.69) is 20.9 Å². The summed E-state index contributed by atoms with van der Waals surface area (Å²) in [5.41, 5.74) is -1.43. The van der Waals surface area contributed by atoms with E-state index in [0.717, 1.165) is 30.1 Å². The Morgan fingerprint density at radius 2 is 2.05 bits per heavy atom. The molecule has 4 atom stereocenters. The molecule has 5 rings (SSSR count). The van der Waals surface area contributed by atoms with Crippen molar-refractivity contribution >= 4 is 23.5 Å². The maximum Gasteiger partial charge on any atom is 0.413 e. The lowest BCUT2D eigenvalue weighted by atomic mass is 10.00. The summed E-state index contributed by atoms with van der Waals surface area (Å²) >= 11 is 0. The predicted octanol–water partition coefficient (Wildman–Crippen LogP) is 3.95. The van der Waals surface area contributed by atoms with Gasteiger partial charge in [-0.1, -0.05) is 12.1 Å². The number of anilines is 3. The monoisotopic (exact) mass is 526 g/mol. The molecular formula is C25H37F3N6O3. The first kappa shape index (κ1) is 25.4. The van der Waals surface area contributed by atoms with Crippen LogP contribution in [-0.2, 0) is 17.7 Å². The molecule has 206 valence electrons. The average molecular weight is 527 g/mol. The number of urea groups is 1. The molecule has 1 aliphatic carbocycles. The quantitative estimate of drug-likeness (QED) is 0.482. The van der Waals surface area contributed by atoms with Gasteiger partial charge in [0.2, 0.25) is 5.95 Å². The summed E-state index contributed by atoms with van der Waals surface area (Å²) in [5.74, 6) is 1.37. The maximum atomic E-state index is 14.3. The van der Waals surface area contributed by atoms with E-state index in [4.69, 9.17) is 4.74 Å². The molecule has 2 aliphatic heterocycles. The summed E-state index contributed by atoms with van der Waals surface area (Å²) in [6.45, 7) is 4.08. The van der Waals surface area contributed by atoms with Crippen molar-refractivity contribution in [3.05, 3.63) is 46.2 Å². The van der Waals surface area contributed by atoms with Gasteiger partial charge >= 0.3 is 12.2 Å². The fourth-order valence-electron chi connectivity index (χ4n) is 5.18. The van der Waals surface area contributed by atoms with Crippen molar-refractivity contribution in [1.29, 1.82) is 0 Å². The Labute approximate surface area is 216 Å². The molecule has 2 unspecified atom stereocenters. The van der Waals surface area contributed by atoms with E-state index < -0.39 is 23.8 Å². The summed E-state index contributed by atoms with van der Waals surface area (Å²) in [6.07, 6.45) is -3.13. The van der Waals surface area contributed by atoms with Crippen molar-refractivity contribution in [2.45, 2.75) is 51.1 Å². The van der Waals surface area contributed by atoms with Crippen LogP contribution in [0.2, 0.25) is 0 Å². The molecular weight excluding hydrogens is 489 g/mol. The topological polar surface area (TPSA) is 101 Å². The van der Waals surface area contributed by atoms with Gasteiger partial charge in [0.05, 0.1) is 19.3 Å². The number of aromatic nitrogens is 2. The molecule has 2 fully saturated rings. The second kappa shape index (κ2) is 9.55. The van der Waals surface area contributed by atoms with E-state index in [0.29, 0.717) is 37.0 Å². The minimum absolute atomic E-state index is 0. The molecule has 37 heavy (non-hydrogen) atoms. The van der Waals surface area contributed by atoms with Gasteiger partial charge in [-0.25, -0.2) is 4.79 Å². The van der Waals surface area contributed by atoms with Gasteiger partial charge in [-0.05, 0) is 56.2 Å². The fourth-order valence-corrected chi connectivity index (χ4v) is 5.18. The Morgan fingerprint density at radius 1 is 1.30 bits per heavy atom. The number of fused-ring (bicyclic) bond motifs is 2. The van der Waals surface area contributed by atoms with Crippen LogP contribution in [0.3, 0.4) is 0 Å². The Bertz CT molecular complexity index is 1230. The minimum Gasteiger partial charge on any atom is -0.376 e. The van der Waals surface area contributed by atoms with E-state index in [-0.39, 0.29) is 34.7 Å². The third kappa shape index (κ3) is 4.98. The highest BCUT2D eigenvalue weighted by Crippen LogP contribution is 2.48. The number of benzene rings is 1. The number of hydrogen-bond acceptors (Lipinski definition) is 6. The van der Waals surface area contributed by atoms with Gasteiger partial charge in [0.1, 0.15) is 5.82 Å². The predicted molar refractivity (Wildman–Crippen MR) is 139 cm³/mol. The molecule has 3 N–H and O–H groups in total. The first-order valence-electron chi connectivity index (χ1n) is 12.5. The third-order valence-electron chi connectivity index (χ3n) is 7.54. The number of nitrogens with one attached hydrogen (secondary N) is 3. The number of alkyl halides is 3. The summed E-state index contributed by atoms with van der Waals surface area (Å²) in [4.78, 5) is 30.1. The molecule has 3 heterocycles. The zero-order valence-electron chi connectivity index (χ0n) is 20.8. The van der Waals surface area contributed by atoms with Crippen LogP contribution < -0.4 is 26.4 Å². The SMILES string of the molecule is CCNC(=O)Nc1ccc(CCN2c3nc(NC[C@H]4OCC5CC54)cc(=O)n3C[C@@]2(C)C(F)(F)F)cc1.[HH].[HH].[HH]. The van der Waals surface area contributed by atoms with Crippen molar-refractivity contribution in [2.75, 3.05) is 41.8 Å². The summed E-state index contributed by atoms with van der Waals surface area (Å²) in [6, 6.07) is 7.84. The van der Waals surface area contributed by atoms with E-state index in [9.17, 15) is 22.8 Å². The fraction of sp³-hybridized carbons (Fsp3) is 0.560. The number of ether oxygens (including phenoxy) is 1. The van der Waals surface area contributed by atoms with E-state index in [1.165, 1.54) is 11.0 Å². The molecule has 12 heteroatoms. The van der Waals surface area contributed by atoms with E-state index in [1.54, 1.807) is 24.3 Å². The number of rotatable bonds is 8. The number of carbonyl (C=O) groups excluding carboxylic acids is 1. The van der Waals surface area contributed by atoms with E-state index >= 15 is 0 Å². The molecule has 3 aliphatic rings. The van der Waals surface area contributed by atoms with Gasteiger partial charge in [-0.3, -0.25) is 9.36 Å². The van der Waals surface area contributed by atoms with Crippen molar-refractivity contribution in [1.82, 2.24) is 14.9 Å². The van der Waals surface area contributed by atoms with Gasteiger partial charge in [0.15, 0.2) is 5.54 Å². The van der Waals surface area contributed by atoms with Gasteiger partial charge in [-0.15, -0.1) is 0 Å². The number of nitrogens with zero attached hydrogens (tertiary/aromatic N) is 3. The van der Waals surface area contributed by atoms with Gasteiger partial charge < -0.3 is 25.6 Å². The lowest BCUT2D eigenvalue weighted by molar-refractivity contribution is -0.182.